The topological polar surface area (TPSA) is 49.8 Å². The van der Waals surface area contributed by atoms with Crippen LogP contribution in [0, 0.1) is 6.92 Å². The number of nitrogens with one attached hydrogen (secondary N) is 2. The molecule has 2 N–H and O–H groups in total. The molecule has 0 amide bonds. The smallest absolute Gasteiger partial charge is 0.136 e. The Balaban J connectivity index is 2.19. The summed E-state index contributed by atoms with van der Waals surface area (Å²) in [6.07, 6.45) is 1.90. The summed E-state index contributed by atoms with van der Waals surface area (Å²) in [7, 11) is 0. The maximum Gasteiger partial charge on any atom is 0.136 e. The van der Waals surface area contributed by atoms with Gasteiger partial charge in [0.2, 0.25) is 0 Å². The summed E-state index contributed by atoms with van der Waals surface area (Å²) in [5, 5.41) is 6.64. The number of hydrogen-bond donors (Lipinski definition) is 2. The third kappa shape index (κ3) is 3.95. The molecule has 0 spiro atoms. The summed E-state index contributed by atoms with van der Waals surface area (Å²) in [5.41, 5.74) is 2.29. The number of aromatic nitrogens is 2. The second-order valence-electron chi connectivity index (χ2n) is 4.83. The van der Waals surface area contributed by atoms with E-state index >= 15 is 0 Å². The van der Waals surface area contributed by atoms with Gasteiger partial charge in [-0.1, -0.05) is 31.5 Å². The Bertz CT molecular complexity index is 549. The largest absolute Gasteiger partial charge is 0.370 e. The monoisotopic (exact) mass is 270 g/mol. The number of hydrogen-bond acceptors (Lipinski definition) is 4. The van der Waals surface area contributed by atoms with E-state index in [1.165, 1.54) is 5.56 Å². The Morgan fingerprint density at radius 1 is 1.00 bits per heavy atom. The van der Waals surface area contributed by atoms with Crippen LogP contribution < -0.4 is 10.6 Å². The molecule has 1 aromatic heterocycles. The Hall–Kier alpha value is -2.10. The average Bonchev–Trinajstić information content (AvgIpc) is 2.47. The minimum Gasteiger partial charge on any atom is -0.370 e. The van der Waals surface area contributed by atoms with Crippen molar-refractivity contribution in [3.63, 3.8) is 0 Å². The molecule has 0 aliphatic heterocycles. The summed E-state index contributed by atoms with van der Waals surface area (Å²) < 4.78 is 0. The van der Waals surface area contributed by atoms with Crippen LogP contribution in [0.15, 0.2) is 30.3 Å². The minimum absolute atomic E-state index is 0.824. The molecule has 0 aliphatic rings. The van der Waals surface area contributed by atoms with Crippen molar-refractivity contribution in [1.29, 1.82) is 0 Å². The van der Waals surface area contributed by atoms with Gasteiger partial charge in [-0.2, -0.15) is 0 Å². The highest BCUT2D eigenvalue weighted by molar-refractivity contribution is 5.59. The Kier molecular flexibility index (Phi) is 4.93. The van der Waals surface area contributed by atoms with Crippen molar-refractivity contribution in [3.05, 3.63) is 41.7 Å². The van der Waals surface area contributed by atoms with Gasteiger partial charge in [0.15, 0.2) is 0 Å². The molecule has 0 saturated heterocycles. The molecular formula is C16H22N4. The molecule has 0 fully saturated rings. The molecule has 106 valence electrons. The third-order valence-corrected chi connectivity index (χ3v) is 2.97. The summed E-state index contributed by atoms with van der Waals surface area (Å²) in [4.78, 5) is 9.00. The molecular weight excluding hydrogens is 248 g/mol. The van der Waals surface area contributed by atoms with E-state index in [2.05, 4.69) is 65.6 Å². The molecule has 0 atom stereocenters. The van der Waals surface area contributed by atoms with Gasteiger partial charge in [-0.15, -0.1) is 0 Å². The van der Waals surface area contributed by atoms with Gasteiger partial charge in [0.1, 0.15) is 17.5 Å². The fourth-order valence-corrected chi connectivity index (χ4v) is 1.85. The van der Waals surface area contributed by atoms with Gasteiger partial charge >= 0.3 is 0 Å². The van der Waals surface area contributed by atoms with E-state index in [-0.39, 0.29) is 0 Å². The second-order valence-corrected chi connectivity index (χ2v) is 4.83. The van der Waals surface area contributed by atoms with E-state index in [4.69, 9.17) is 0 Å². The van der Waals surface area contributed by atoms with Crippen molar-refractivity contribution >= 4 is 17.3 Å². The predicted molar refractivity (Wildman–Crippen MR) is 84.7 cm³/mol. The van der Waals surface area contributed by atoms with Crippen LogP contribution in [-0.4, -0.2) is 16.5 Å². The lowest BCUT2D eigenvalue weighted by atomic mass is 10.2. The van der Waals surface area contributed by atoms with Gasteiger partial charge in [0.25, 0.3) is 0 Å². The highest BCUT2D eigenvalue weighted by Gasteiger charge is 2.03. The first-order valence-corrected chi connectivity index (χ1v) is 7.16. The van der Waals surface area contributed by atoms with Gasteiger partial charge in [-0.25, -0.2) is 9.97 Å². The third-order valence-electron chi connectivity index (χ3n) is 2.97. The van der Waals surface area contributed by atoms with Gasteiger partial charge in [-0.3, -0.25) is 0 Å². The van der Waals surface area contributed by atoms with Crippen LogP contribution in [-0.2, 0) is 6.42 Å². The average molecular weight is 270 g/mol. The molecule has 4 nitrogen and oxygen atoms in total. The highest BCUT2D eigenvalue weighted by atomic mass is 15.1. The normalized spacial score (nSPS) is 10.3. The molecule has 0 aliphatic carbocycles. The Morgan fingerprint density at radius 3 is 2.35 bits per heavy atom. The number of nitrogens with zero attached hydrogens (tertiary/aromatic N) is 2. The van der Waals surface area contributed by atoms with Crippen LogP contribution in [0.3, 0.4) is 0 Å². The van der Waals surface area contributed by atoms with Crippen LogP contribution >= 0.6 is 0 Å². The number of aryl methyl sites for hydroxylation is 2. The molecule has 0 saturated carbocycles. The zero-order valence-electron chi connectivity index (χ0n) is 12.4. The van der Waals surface area contributed by atoms with Crippen LogP contribution in [0.4, 0.5) is 17.3 Å². The molecule has 1 aromatic carbocycles. The quantitative estimate of drug-likeness (QED) is 0.835. The fourth-order valence-electron chi connectivity index (χ4n) is 1.85. The maximum atomic E-state index is 4.52. The maximum absolute atomic E-state index is 4.52. The van der Waals surface area contributed by atoms with Crippen molar-refractivity contribution in [1.82, 2.24) is 9.97 Å². The van der Waals surface area contributed by atoms with E-state index < -0.39 is 0 Å². The predicted octanol–water partition coefficient (Wildman–Crippen LogP) is 3.91. The molecule has 2 aromatic rings. The van der Waals surface area contributed by atoms with E-state index in [9.17, 15) is 0 Å². The summed E-state index contributed by atoms with van der Waals surface area (Å²) in [6, 6.07) is 10.2. The highest BCUT2D eigenvalue weighted by Crippen LogP contribution is 2.18. The zero-order chi connectivity index (χ0) is 14.4. The molecule has 20 heavy (non-hydrogen) atoms. The van der Waals surface area contributed by atoms with E-state index in [0.717, 1.165) is 42.5 Å². The molecule has 4 heteroatoms. The van der Waals surface area contributed by atoms with Crippen LogP contribution in [0.5, 0.6) is 0 Å². The first-order chi connectivity index (χ1) is 9.71. The minimum atomic E-state index is 0.824. The number of rotatable bonds is 6. The van der Waals surface area contributed by atoms with Crippen LogP contribution in [0.25, 0.3) is 0 Å². The summed E-state index contributed by atoms with van der Waals surface area (Å²) >= 11 is 0. The number of anilines is 3. The SMILES string of the molecule is CCCNc1cc(Nc2ccc(C)cc2)nc(CC)n1. The zero-order valence-corrected chi connectivity index (χ0v) is 12.4. The summed E-state index contributed by atoms with van der Waals surface area (Å²) in [6.45, 7) is 7.20. The van der Waals surface area contributed by atoms with Crippen LogP contribution in [0.2, 0.25) is 0 Å². The molecule has 0 radical (unpaired) electrons. The molecule has 0 unspecified atom stereocenters. The molecule has 1 heterocycles. The molecule has 0 bridgehead atoms. The van der Waals surface area contributed by atoms with Gasteiger partial charge < -0.3 is 10.6 Å². The number of benzene rings is 1. The summed E-state index contributed by atoms with van der Waals surface area (Å²) in [5.74, 6) is 2.56. The first-order valence-electron chi connectivity index (χ1n) is 7.16. The van der Waals surface area contributed by atoms with Crippen molar-refractivity contribution in [2.45, 2.75) is 33.6 Å². The standard InChI is InChI=1S/C16H22N4/c1-4-10-17-15-11-16(20-14(5-2)19-15)18-13-8-6-12(3)7-9-13/h6-9,11H,4-5,10H2,1-3H3,(H2,17,18,19,20). The van der Waals surface area contributed by atoms with Gasteiger partial charge in [0, 0.05) is 24.7 Å². The fraction of sp³-hybridized carbons (Fsp3) is 0.375. The van der Waals surface area contributed by atoms with Gasteiger partial charge in [-0.05, 0) is 25.5 Å². The van der Waals surface area contributed by atoms with Crippen LogP contribution in [0.1, 0.15) is 31.7 Å². The first kappa shape index (κ1) is 14.3. The van der Waals surface area contributed by atoms with Crippen molar-refractivity contribution in [2.75, 3.05) is 17.2 Å². The van der Waals surface area contributed by atoms with Crippen molar-refractivity contribution in [3.8, 4) is 0 Å². The van der Waals surface area contributed by atoms with E-state index in [0.29, 0.717) is 0 Å². The van der Waals surface area contributed by atoms with Crippen molar-refractivity contribution < 1.29 is 0 Å². The second kappa shape index (κ2) is 6.89. The lowest BCUT2D eigenvalue weighted by molar-refractivity contribution is 0.919. The molecule has 2 rings (SSSR count). The van der Waals surface area contributed by atoms with Crippen molar-refractivity contribution in [2.24, 2.45) is 0 Å². The Labute approximate surface area is 120 Å². The lowest BCUT2D eigenvalue weighted by Gasteiger charge is -2.10. The van der Waals surface area contributed by atoms with E-state index in [1.54, 1.807) is 0 Å². The Morgan fingerprint density at radius 2 is 1.70 bits per heavy atom. The lowest BCUT2D eigenvalue weighted by Crippen LogP contribution is -2.06. The van der Waals surface area contributed by atoms with Gasteiger partial charge in [0.05, 0.1) is 0 Å². The van der Waals surface area contributed by atoms with E-state index in [1.807, 2.05) is 6.07 Å².